The number of hydrogen-bond donors (Lipinski definition) is 1. The van der Waals surface area contributed by atoms with E-state index in [9.17, 15) is 0 Å². The van der Waals surface area contributed by atoms with Gasteiger partial charge in [0.2, 0.25) is 0 Å². The molecule has 0 radical (unpaired) electrons. The fourth-order valence-corrected chi connectivity index (χ4v) is 0. The zero-order valence-corrected chi connectivity index (χ0v) is 3.52. The molecule has 0 aromatic rings. The molecule has 0 aliphatic heterocycles. The molecule has 0 fully saturated rings. The second kappa shape index (κ2) is 15.1. The molecule has 1 atom stereocenters. The van der Waals surface area contributed by atoms with E-state index in [2.05, 4.69) is 0 Å². The highest BCUT2D eigenvalue weighted by molar-refractivity contribution is 6.92. The van der Waals surface area contributed by atoms with Crippen LogP contribution in [0.2, 0.25) is 0 Å². The van der Waals surface area contributed by atoms with Crippen LogP contribution in [0.1, 0.15) is 0 Å². The second-order valence-corrected chi connectivity index (χ2v) is 0.100. The fraction of sp³-hybridized carbons (Fsp3) is 0. The first-order chi connectivity index (χ1) is 1.41. The van der Waals surface area contributed by atoms with E-state index in [1.807, 2.05) is 0 Å². The molecule has 0 saturated carbocycles. The maximum atomic E-state index is 6.86. The largest absolute Gasteiger partial charge is 0.153 e. The lowest BCUT2D eigenvalue weighted by molar-refractivity contribution is 1.45. The van der Waals surface area contributed by atoms with Crippen LogP contribution in [0, 0.1) is 5.53 Å². The van der Waals surface area contributed by atoms with E-state index in [-0.39, 0.29) is 9.90 Å². The van der Waals surface area contributed by atoms with E-state index in [1.165, 1.54) is 0 Å². The first-order valence-electron chi connectivity index (χ1n) is 0.424. The molecule has 0 aromatic carbocycles. The highest BCUT2D eigenvalue weighted by Crippen LogP contribution is 1.24. The highest BCUT2D eigenvalue weighted by atomic mass is 31.0. The van der Waals surface area contributed by atoms with Gasteiger partial charge in [-0.1, -0.05) is 0 Å². The minimum Gasteiger partial charge on any atom is -0.153 e. The minimum atomic E-state index is 0. The number of hydrogen-bond acceptors (Lipinski definition) is 1. The standard InChI is InChI=1S/HN3.H3P/c1-3-2;/h1H;1H3. The van der Waals surface area contributed by atoms with Gasteiger partial charge in [0.1, 0.15) is 0 Å². The third kappa shape index (κ3) is 14.1. The van der Waals surface area contributed by atoms with Gasteiger partial charge in [0, 0.05) is 0 Å². The SMILES string of the molecule is P.[N-]=[N+]=N. The third-order valence-electron chi connectivity index (χ3n) is 0. The number of rotatable bonds is 0. The molecule has 1 unspecified atom stereocenters. The molecule has 0 rings (SSSR count). The summed E-state index contributed by atoms with van der Waals surface area (Å²) in [6.45, 7) is 0. The van der Waals surface area contributed by atoms with Gasteiger partial charge in [-0.3, -0.25) is 0 Å². The van der Waals surface area contributed by atoms with Crippen molar-refractivity contribution in [1.29, 1.82) is 5.53 Å². The molecule has 0 amide bonds. The van der Waals surface area contributed by atoms with Crippen molar-refractivity contribution in [2.45, 2.75) is 0 Å². The summed E-state index contributed by atoms with van der Waals surface area (Å²) in [4.78, 5) is 1.75. The van der Waals surface area contributed by atoms with Crippen molar-refractivity contribution in [2.75, 3.05) is 0 Å². The lowest BCUT2D eigenvalue weighted by atomic mass is 13.0. The van der Waals surface area contributed by atoms with Gasteiger partial charge in [0.25, 0.3) is 0 Å². The van der Waals surface area contributed by atoms with Gasteiger partial charge < -0.3 is 0 Å². The van der Waals surface area contributed by atoms with E-state index >= 15 is 0 Å². The average molecular weight is 77.0 g/mol. The Morgan fingerprint density at radius 1 is 1.75 bits per heavy atom. The molecule has 0 heterocycles. The van der Waals surface area contributed by atoms with Crippen LogP contribution in [-0.2, 0) is 0 Å². The summed E-state index contributed by atoms with van der Waals surface area (Å²) in [5.41, 5.74) is 12.2. The van der Waals surface area contributed by atoms with Crippen LogP contribution in [0.3, 0.4) is 0 Å². The van der Waals surface area contributed by atoms with Crippen molar-refractivity contribution < 1.29 is 0 Å². The summed E-state index contributed by atoms with van der Waals surface area (Å²) in [6, 6.07) is 0. The summed E-state index contributed by atoms with van der Waals surface area (Å²) >= 11 is 0. The Kier molecular flexibility index (Phi) is 35.1. The molecule has 0 aliphatic rings. The molecular formula is H4N3P. The Labute approximate surface area is 27.0 Å². The smallest absolute Gasteiger partial charge is 0.00208 e. The van der Waals surface area contributed by atoms with Crippen LogP contribution in [-0.4, -0.2) is 0 Å². The normalized spacial score (nSPS) is 2.00. The summed E-state index contributed by atoms with van der Waals surface area (Å²) in [7, 11) is 0. The van der Waals surface area contributed by atoms with Gasteiger partial charge in [0.15, 0.2) is 0 Å². The minimum absolute atomic E-state index is 0. The fourth-order valence-electron chi connectivity index (χ4n) is 0. The monoisotopic (exact) mass is 77.0 g/mol. The molecule has 1 N–H and O–H groups in total. The van der Waals surface area contributed by atoms with Gasteiger partial charge in [-0.15, -0.1) is 5.53 Å². The molecule has 0 aromatic heterocycles. The maximum absolute atomic E-state index is 6.86. The van der Waals surface area contributed by atoms with E-state index < -0.39 is 0 Å². The molecule has 0 saturated heterocycles. The molecule has 0 bridgehead atoms. The van der Waals surface area contributed by atoms with Crippen molar-refractivity contribution in [3.63, 3.8) is 0 Å². The Hall–Kier alpha value is -0.260. The summed E-state index contributed by atoms with van der Waals surface area (Å²) in [5, 5.41) is 0. The van der Waals surface area contributed by atoms with Crippen molar-refractivity contribution in [3.8, 4) is 0 Å². The number of nitrogens with zero attached hydrogens (tertiary/aromatic N) is 2. The highest BCUT2D eigenvalue weighted by Gasteiger charge is 0.973. The van der Waals surface area contributed by atoms with Crippen molar-refractivity contribution in [2.24, 2.45) is 0 Å². The van der Waals surface area contributed by atoms with Gasteiger partial charge in [-0.25, -0.2) is 0 Å². The zero-order valence-electron chi connectivity index (χ0n) is 2.10. The zero-order chi connectivity index (χ0) is 2.71. The predicted octanol–water partition coefficient (Wildman–Crippen LogP) is 0.934. The Morgan fingerprint density at radius 2 is 1.75 bits per heavy atom. The Bertz CT molecular complexity index is 24.3. The summed E-state index contributed by atoms with van der Waals surface area (Å²) in [6.07, 6.45) is 0. The van der Waals surface area contributed by atoms with Gasteiger partial charge in [-0.2, -0.15) is 9.90 Å². The van der Waals surface area contributed by atoms with E-state index in [0.29, 0.717) is 0 Å². The average Bonchev–Trinajstić information content (AvgIpc) is 0.918. The number of nitrogens with one attached hydrogen (secondary N) is 1. The molecule has 0 spiro atoms. The summed E-state index contributed by atoms with van der Waals surface area (Å²) in [5.74, 6) is 0. The van der Waals surface area contributed by atoms with E-state index in [0.717, 1.165) is 0 Å². The van der Waals surface area contributed by atoms with Crippen LogP contribution < -0.4 is 0 Å². The van der Waals surface area contributed by atoms with E-state index in [1.54, 1.807) is 4.91 Å². The maximum Gasteiger partial charge on any atom is -0.00208 e. The summed E-state index contributed by atoms with van der Waals surface area (Å²) < 4.78 is 0. The van der Waals surface area contributed by atoms with Gasteiger partial charge in [-0.05, 0) is 10.4 Å². The molecule has 4 heavy (non-hydrogen) atoms. The van der Waals surface area contributed by atoms with E-state index in [4.69, 9.17) is 11.1 Å². The third-order valence-corrected chi connectivity index (χ3v) is 0. The lowest BCUT2D eigenvalue weighted by Gasteiger charge is -1.03. The quantitative estimate of drug-likeness (QED) is 0.193. The molecule has 4 heteroatoms. The molecule has 24 valence electrons. The topological polar surface area (TPSA) is 60.3 Å². The van der Waals surface area contributed by atoms with Crippen LogP contribution in [0.5, 0.6) is 0 Å². The molecule has 3 nitrogen and oxygen atoms in total. The first kappa shape index (κ1) is 9.27. The van der Waals surface area contributed by atoms with Crippen LogP contribution >= 0.6 is 9.90 Å². The lowest BCUT2D eigenvalue weighted by Crippen LogP contribution is -0.769. The predicted molar refractivity (Wildman–Crippen MR) is 20.5 cm³/mol. The Balaban J connectivity index is 0. The van der Waals surface area contributed by atoms with Crippen LogP contribution in [0.4, 0.5) is 0 Å². The second-order valence-electron chi connectivity index (χ2n) is 0.100. The van der Waals surface area contributed by atoms with Crippen LogP contribution in [0.15, 0.2) is 0 Å². The van der Waals surface area contributed by atoms with Gasteiger partial charge in [0.05, 0.1) is 0 Å². The first-order valence-corrected chi connectivity index (χ1v) is 0.424. The van der Waals surface area contributed by atoms with Crippen molar-refractivity contribution in [1.82, 2.24) is 0 Å². The van der Waals surface area contributed by atoms with Crippen molar-refractivity contribution in [3.05, 3.63) is 10.4 Å². The molecular weight excluding hydrogens is 73.0 g/mol. The molecule has 0 aliphatic carbocycles. The Morgan fingerprint density at radius 3 is 1.75 bits per heavy atom. The van der Waals surface area contributed by atoms with Crippen molar-refractivity contribution >= 4 is 9.90 Å². The van der Waals surface area contributed by atoms with Gasteiger partial charge >= 0.3 is 0 Å². The van der Waals surface area contributed by atoms with Crippen LogP contribution in [0.25, 0.3) is 10.4 Å².